The van der Waals surface area contributed by atoms with Gasteiger partial charge in [0.25, 0.3) is 0 Å². The highest BCUT2D eigenvalue weighted by atomic mass is 15.0. The van der Waals surface area contributed by atoms with Gasteiger partial charge in [-0.25, -0.2) is 0 Å². The zero-order valence-electron chi connectivity index (χ0n) is 21.6. The minimum absolute atomic E-state index is 0.683. The molecule has 0 atom stereocenters. The van der Waals surface area contributed by atoms with Gasteiger partial charge in [-0.15, -0.1) is 0 Å². The van der Waals surface area contributed by atoms with Gasteiger partial charge in [-0.05, 0) is 109 Å². The van der Waals surface area contributed by atoms with Crippen LogP contribution < -0.4 is 17.2 Å². The van der Waals surface area contributed by atoms with E-state index in [2.05, 4.69) is 89.5 Å². The molecule has 6 N–H and O–H groups in total. The maximum atomic E-state index is 5.90. The summed E-state index contributed by atoms with van der Waals surface area (Å²) in [6.07, 6.45) is 4.99. The molecule has 0 fully saturated rings. The minimum Gasteiger partial charge on any atom is -0.340 e. The van der Waals surface area contributed by atoms with Crippen LogP contribution in [0.25, 0.3) is 44.1 Å². The molecule has 37 heavy (non-hydrogen) atoms. The van der Waals surface area contributed by atoms with E-state index in [0.29, 0.717) is 6.54 Å². The number of hydrogen-bond acceptors (Lipinski definition) is 3. The molecule has 0 aliphatic heterocycles. The summed E-state index contributed by atoms with van der Waals surface area (Å²) in [5, 5.41) is 2.58. The molecule has 5 rings (SSSR count). The van der Waals surface area contributed by atoms with Gasteiger partial charge in [0.2, 0.25) is 0 Å². The average molecular weight is 491 g/mol. The molecular weight excluding hydrogens is 452 g/mol. The van der Waals surface area contributed by atoms with E-state index in [0.717, 1.165) is 51.7 Å². The maximum Gasteiger partial charge on any atom is 0.0491 e. The van der Waals surface area contributed by atoms with E-state index in [1.54, 1.807) is 0 Å². The van der Waals surface area contributed by atoms with Crippen molar-refractivity contribution in [2.45, 2.75) is 38.6 Å². The predicted molar refractivity (Wildman–Crippen MR) is 159 cm³/mol. The fraction of sp³-hybridized carbons (Fsp3) is 0.273. The van der Waals surface area contributed by atoms with Crippen molar-refractivity contribution in [3.8, 4) is 22.3 Å². The highest BCUT2D eigenvalue weighted by Gasteiger charge is 2.13. The molecule has 0 unspecified atom stereocenters. The molecule has 0 saturated heterocycles. The smallest absolute Gasteiger partial charge is 0.0491 e. The van der Waals surface area contributed by atoms with Gasteiger partial charge in [-0.2, -0.15) is 0 Å². The number of benzene rings is 4. The number of nitrogens with zero attached hydrogens (tertiary/aromatic N) is 1. The molecule has 0 amide bonds. The zero-order valence-corrected chi connectivity index (χ0v) is 21.6. The Labute approximate surface area is 220 Å². The molecule has 0 aliphatic carbocycles. The number of hydrogen-bond donors (Lipinski definition) is 3. The van der Waals surface area contributed by atoms with Crippen molar-refractivity contribution in [1.82, 2.24) is 4.57 Å². The lowest BCUT2D eigenvalue weighted by molar-refractivity contribution is 0.687. The van der Waals surface area contributed by atoms with Crippen molar-refractivity contribution in [2.24, 2.45) is 17.2 Å². The first-order valence-electron chi connectivity index (χ1n) is 13.6. The zero-order chi connectivity index (χ0) is 25.6. The standard InChI is InChI=1S/C33H38N4/c34-16-3-8-24-6-1-10-26(20-24)28-12-14-32-30(22-28)31-23-29(13-15-33(31)37(32)19-5-18-36)27-11-2-7-25(21-27)9-4-17-35/h1-2,6-7,10-15,20-23H,3-5,8-9,16-19,34-36H2. The normalized spacial score (nSPS) is 11.5. The second-order valence-electron chi connectivity index (χ2n) is 9.94. The third-order valence-electron chi connectivity index (χ3n) is 7.31. The summed E-state index contributed by atoms with van der Waals surface area (Å²) in [6.45, 7) is 3.04. The summed E-state index contributed by atoms with van der Waals surface area (Å²) >= 11 is 0. The molecule has 0 radical (unpaired) electrons. The van der Waals surface area contributed by atoms with Gasteiger partial charge >= 0.3 is 0 Å². The third kappa shape index (κ3) is 5.47. The lowest BCUT2D eigenvalue weighted by atomic mass is 9.97. The second kappa shape index (κ2) is 11.7. The van der Waals surface area contributed by atoms with Crippen molar-refractivity contribution in [2.75, 3.05) is 19.6 Å². The molecule has 1 heterocycles. The van der Waals surface area contributed by atoms with Crippen LogP contribution in [0.15, 0.2) is 84.9 Å². The molecule has 0 spiro atoms. The van der Waals surface area contributed by atoms with Crippen LogP contribution in [0.2, 0.25) is 0 Å². The molecule has 4 aromatic carbocycles. The van der Waals surface area contributed by atoms with E-state index in [4.69, 9.17) is 17.2 Å². The van der Waals surface area contributed by atoms with Crippen LogP contribution in [0, 0.1) is 0 Å². The summed E-state index contributed by atoms with van der Waals surface area (Å²) in [5.74, 6) is 0. The fourth-order valence-corrected chi connectivity index (χ4v) is 5.38. The number of fused-ring (bicyclic) bond motifs is 3. The molecule has 0 saturated carbocycles. The van der Waals surface area contributed by atoms with Crippen LogP contribution in [0.1, 0.15) is 30.4 Å². The first-order chi connectivity index (χ1) is 18.2. The van der Waals surface area contributed by atoms with E-state index >= 15 is 0 Å². The van der Waals surface area contributed by atoms with Crippen LogP contribution in [0.4, 0.5) is 0 Å². The van der Waals surface area contributed by atoms with Crippen LogP contribution >= 0.6 is 0 Å². The minimum atomic E-state index is 0.683. The first kappa shape index (κ1) is 25.2. The molecule has 0 bridgehead atoms. The van der Waals surface area contributed by atoms with Crippen molar-refractivity contribution in [3.63, 3.8) is 0 Å². The lowest BCUT2D eigenvalue weighted by Gasteiger charge is -2.08. The molecule has 4 nitrogen and oxygen atoms in total. The summed E-state index contributed by atoms with van der Waals surface area (Å²) in [5.41, 5.74) is 27.6. The van der Waals surface area contributed by atoms with Crippen molar-refractivity contribution < 1.29 is 0 Å². The second-order valence-corrected chi connectivity index (χ2v) is 9.94. The molecular formula is C33H38N4. The Morgan fingerprint density at radius 1 is 0.486 bits per heavy atom. The number of rotatable bonds is 11. The highest BCUT2D eigenvalue weighted by Crippen LogP contribution is 2.36. The summed E-state index contributed by atoms with van der Waals surface area (Å²) in [6, 6.07) is 31.5. The summed E-state index contributed by atoms with van der Waals surface area (Å²) < 4.78 is 2.43. The number of aryl methyl sites for hydroxylation is 3. The van der Waals surface area contributed by atoms with Gasteiger partial charge in [-0.1, -0.05) is 60.7 Å². The Bertz CT molecular complexity index is 1390. The predicted octanol–water partition coefficient (Wildman–Crippen LogP) is 6.26. The van der Waals surface area contributed by atoms with Gasteiger partial charge < -0.3 is 21.8 Å². The maximum absolute atomic E-state index is 5.90. The molecule has 5 aromatic rings. The number of aromatic nitrogens is 1. The Hall–Kier alpha value is -3.44. The average Bonchev–Trinajstić information content (AvgIpc) is 3.26. The molecule has 1 aromatic heterocycles. The van der Waals surface area contributed by atoms with E-state index in [-0.39, 0.29) is 0 Å². The van der Waals surface area contributed by atoms with E-state index in [9.17, 15) is 0 Å². The van der Waals surface area contributed by atoms with E-state index in [1.165, 1.54) is 55.2 Å². The van der Waals surface area contributed by atoms with Crippen LogP contribution in [0.5, 0.6) is 0 Å². The monoisotopic (exact) mass is 490 g/mol. The Morgan fingerprint density at radius 2 is 0.946 bits per heavy atom. The fourth-order valence-electron chi connectivity index (χ4n) is 5.38. The topological polar surface area (TPSA) is 83.0 Å². The van der Waals surface area contributed by atoms with Crippen LogP contribution in [-0.2, 0) is 19.4 Å². The van der Waals surface area contributed by atoms with Crippen molar-refractivity contribution >= 4 is 21.8 Å². The molecule has 0 aliphatic rings. The Morgan fingerprint density at radius 3 is 1.41 bits per heavy atom. The van der Waals surface area contributed by atoms with Crippen molar-refractivity contribution in [3.05, 3.63) is 96.1 Å². The molecule has 190 valence electrons. The van der Waals surface area contributed by atoms with E-state index < -0.39 is 0 Å². The summed E-state index contributed by atoms with van der Waals surface area (Å²) in [4.78, 5) is 0. The van der Waals surface area contributed by atoms with Crippen LogP contribution in [0.3, 0.4) is 0 Å². The van der Waals surface area contributed by atoms with Crippen molar-refractivity contribution in [1.29, 1.82) is 0 Å². The number of nitrogens with two attached hydrogens (primary N) is 3. The van der Waals surface area contributed by atoms with Gasteiger partial charge in [0.05, 0.1) is 0 Å². The summed E-state index contributed by atoms with van der Waals surface area (Å²) in [7, 11) is 0. The first-order valence-corrected chi connectivity index (χ1v) is 13.6. The lowest BCUT2D eigenvalue weighted by Crippen LogP contribution is -2.05. The van der Waals surface area contributed by atoms with Gasteiger partial charge in [-0.3, -0.25) is 0 Å². The Balaban J connectivity index is 1.62. The van der Waals surface area contributed by atoms with Gasteiger partial charge in [0, 0.05) is 28.4 Å². The third-order valence-corrected chi connectivity index (χ3v) is 7.31. The molecule has 4 heteroatoms. The SMILES string of the molecule is NCCCc1cccc(-c2ccc3c(c2)c2cc(-c4cccc(CCCN)c4)ccc2n3CCCN)c1. The quantitative estimate of drug-likeness (QED) is 0.204. The Kier molecular flexibility index (Phi) is 8.00. The van der Waals surface area contributed by atoms with E-state index in [1.807, 2.05) is 0 Å². The van der Waals surface area contributed by atoms with Crippen LogP contribution in [-0.4, -0.2) is 24.2 Å². The highest BCUT2D eigenvalue weighted by molar-refractivity contribution is 6.10. The largest absolute Gasteiger partial charge is 0.340 e. The van der Waals surface area contributed by atoms with Gasteiger partial charge in [0.15, 0.2) is 0 Å². The van der Waals surface area contributed by atoms with Gasteiger partial charge in [0.1, 0.15) is 0 Å².